The van der Waals surface area contributed by atoms with E-state index in [4.69, 9.17) is 4.74 Å². The Labute approximate surface area is 97.4 Å². The van der Waals surface area contributed by atoms with Gasteiger partial charge in [-0.2, -0.15) is 0 Å². The largest absolute Gasteiger partial charge is 0.366 e. The fourth-order valence-electron chi connectivity index (χ4n) is 1.41. The van der Waals surface area contributed by atoms with Crippen molar-refractivity contribution in [2.45, 2.75) is 26.4 Å². The van der Waals surface area contributed by atoms with E-state index in [1.807, 2.05) is 6.92 Å². The third-order valence-electron chi connectivity index (χ3n) is 2.17. The van der Waals surface area contributed by atoms with Crippen LogP contribution in [0.1, 0.15) is 31.9 Å². The number of rotatable bonds is 5. The van der Waals surface area contributed by atoms with E-state index in [2.05, 4.69) is 0 Å². The molecule has 2 nitrogen and oxygen atoms in total. The first-order chi connectivity index (χ1) is 7.97. The maximum Gasteiger partial charge on any atom is 0.194 e. The molecule has 17 heavy (non-hydrogen) atoms. The third kappa shape index (κ3) is 3.30. The van der Waals surface area contributed by atoms with Crippen molar-refractivity contribution >= 4 is 5.78 Å². The van der Waals surface area contributed by atoms with E-state index in [0.717, 1.165) is 12.1 Å². The summed E-state index contributed by atoms with van der Waals surface area (Å²) in [5.41, 5.74) is -0.0117. The summed E-state index contributed by atoms with van der Waals surface area (Å²) in [5, 5.41) is 0. The molecular formula is C12H13F3O2. The van der Waals surface area contributed by atoms with Crippen molar-refractivity contribution in [2.75, 3.05) is 6.61 Å². The Hall–Kier alpha value is -1.36. The Kier molecular flexibility index (Phi) is 4.69. The summed E-state index contributed by atoms with van der Waals surface area (Å²) in [6, 6.07) is 1.56. The van der Waals surface area contributed by atoms with Crippen LogP contribution in [-0.2, 0) is 9.53 Å². The van der Waals surface area contributed by atoms with Crippen molar-refractivity contribution in [3.8, 4) is 0 Å². The fourth-order valence-corrected chi connectivity index (χ4v) is 1.41. The van der Waals surface area contributed by atoms with Crippen LogP contribution in [0, 0.1) is 17.5 Å². The van der Waals surface area contributed by atoms with E-state index in [-0.39, 0.29) is 18.0 Å². The fraction of sp³-hybridized carbons (Fsp3) is 0.417. The van der Waals surface area contributed by atoms with E-state index in [1.54, 1.807) is 0 Å². The minimum Gasteiger partial charge on any atom is -0.366 e. The van der Waals surface area contributed by atoms with Crippen LogP contribution in [0.5, 0.6) is 0 Å². The molecule has 0 N–H and O–H groups in total. The topological polar surface area (TPSA) is 26.3 Å². The lowest BCUT2D eigenvalue weighted by Crippen LogP contribution is -2.14. The Bertz CT molecular complexity index is 395. The summed E-state index contributed by atoms with van der Waals surface area (Å²) in [6.45, 7) is 3.37. The average molecular weight is 246 g/mol. The van der Waals surface area contributed by atoms with Crippen LogP contribution in [-0.4, -0.2) is 12.4 Å². The van der Waals surface area contributed by atoms with Crippen LogP contribution < -0.4 is 0 Å². The highest BCUT2D eigenvalue weighted by Crippen LogP contribution is 2.23. The maximum atomic E-state index is 13.0. The van der Waals surface area contributed by atoms with Crippen LogP contribution >= 0.6 is 0 Å². The summed E-state index contributed by atoms with van der Waals surface area (Å²) in [4.78, 5) is 11.3. The van der Waals surface area contributed by atoms with Gasteiger partial charge in [0.15, 0.2) is 23.2 Å². The zero-order valence-electron chi connectivity index (χ0n) is 9.60. The number of carbonyl (C=O) groups is 1. The number of halogens is 3. The van der Waals surface area contributed by atoms with Gasteiger partial charge in [0.05, 0.1) is 0 Å². The van der Waals surface area contributed by atoms with Crippen LogP contribution in [0.4, 0.5) is 13.2 Å². The number of hydrogen-bond acceptors (Lipinski definition) is 2. The third-order valence-corrected chi connectivity index (χ3v) is 2.17. The lowest BCUT2D eigenvalue weighted by atomic mass is 10.1. The Morgan fingerprint density at radius 1 is 1.29 bits per heavy atom. The highest BCUT2D eigenvalue weighted by atomic mass is 19.2. The summed E-state index contributed by atoms with van der Waals surface area (Å²) in [5.74, 6) is -4.59. The van der Waals surface area contributed by atoms with Gasteiger partial charge in [-0.15, -0.1) is 0 Å². The van der Waals surface area contributed by atoms with Gasteiger partial charge >= 0.3 is 0 Å². The van der Waals surface area contributed by atoms with E-state index in [9.17, 15) is 18.0 Å². The predicted octanol–water partition coefficient (Wildman–Crippen LogP) is 3.16. The highest BCUT2D eigenvalue weighted by molar-refractivity contribution is 5.81. The number of benzene rings is 1. The van der Waals surface area contributed by atoms with Crippen molar-refractivity contribution in [1.29, 1.82) is 0 Å². The molecule has 1 aromatic carbocycles. The van der Waals surface area contributed by atoms with Crippen molar-refractivity contribution in [2.24, 2.45) is 0 Å². The summed E-state index contributed by atoms with van der Waals surface area (Å²) >= 11 is 0. The first-order valence-corrected chi connectivity index (χ1v) is 5.23. The maximum absolute atomic E-state index is 13.0. The van der Waals surface area contributed by atoms with Gasteiger partial charge in [0.25, 0.3) is 0 Å². The van der Waals surface area contributed by atoms with E-state index in [0.29, 0.717) is 6.42 Å². The highest BCUT2D eigenvalue weighted by Gasteiger charge is 2.21. The van der Waals surface area contributed by atoms with Crippen molar-refractivity contribution in [3.63, 3.8) is 0 Å². The molecule has 0 aromatic heterocycles. The molecular weight excluding hydrogens is 233 g/mol. The van der Waals surface area contributed by atoms with Gasteiger partial charge in [0, 0.05) is 6.61 Å². The standard InChI is InChI=1S/C12H13F3O2/c1-3-4-17-12(7(2)16)8-5-9(13)11(15)10(14)6-8/h5-6,12H,3-4H2,1-2H3. The predicted molar refractivity (Wildman–Crippen MR) is 56.0 cm³/mol. The van der Waals surface area contributed by atoms with Crippen molar-refractivity contribution in [1.82, 2.24) is 0 Å². The quantitative estimate of drug-likeness (QED) is 0.746. The molecule has 0 aliphatic carbocycles. The number of ketones is 1. The van der Waals surface area contributed by atoms with Crippen molar-refractivity contribution < 1.29 is 22.7 Å². The summed E-state index contributed by atoms with van der Waals surface area (Å²) in [7, 11) is 0. The Morgan fingerprint density at radius 3 is 2.24 bits per heavy atom. The van der Waals surface area contributed by atoms with Gasteiger partial charge in [-0.3, -0.25) is 4.79 Å². The Morgan fingerprint density at radius 2 is 1.82 bits per heavy atom. The van der Waals surface area contributed by atoms with Gasteiger partial charge in [0.2, 0.25) is 0 Å². The zero-order chi connectivity index (χ0) is 13.0. The number of hydrogen-bond donors (Lipinski definition) is 0. The second kappa shape index (κ2) is 5.82. The van der Waals surface area contributed by atoms with Crippen LogP contribution in [0.25, 0.3) is 0 Å². The van der Waals surface area contributed by atoms with E-state index < -0.39 is 23.6 Å². The normalized spacial score (nSPS) is 12.5. The van der Waals surface area contributed by atoms with Gasteiger partial charge in [-0.25, -0.2) is 13.2 Å². The van der Waals surface area contributed by atoms with Gasteiger partial charge in [0.1, 0.15) is 6.10 Å². The minimum atomic E-state index is -1.55. The molecule has 5 heteroatoms. The SMILES string of the molecule is CCCOC(C(C)=O)c1cc(F)c(F)c(F)c1. The first kappa shape index (κ1) is 13.7. The molecule has 0 heterocycles. The molecule has 1 aromatic rings. The molecule has 1 unspecified atom stereocenters. The van der Waals surface area contributed by atoms with Gasteiger partial charge < -0.3 is 4.74 Å². The monoisotopic (exact) mass is 246 g/mol. The molecule has 0 bridgehead atoms. The number of carbonyl (C=O) groups excluding carboxylic acids is 1. The molecule has 0 amide bonds. The van der Waals surface area contributed by atoms with Gasteiger partial charge in [-0.05, 0) is 31.0 Å². The Balaban J connectivity index is 3.06. The lowest BCUT2D eigenvalue weighted by Gasteiger charge is -2.15. The smallest absolute Gasteiger partial charge is 0.194 e. The van der Waals surface area contributed by atoms with Crippen LogP contribution in [0.15, 0.2) is 12.1 Å². The summed E-state index contributed by atoms with van der Waals surface area (Å²) in [6.07, 6.45) is -0.393. The minimum absolute atomic E-state index is 0.0117. The van der Waals surface area contributed by atoms with Crippen molar-refractivity contribution in [3.05, 3.63) is 35.1 Å². The lowest BCUT2D eigenvalue weighted by molar-refractivity contribution is -0.128. The van der Waals surface area contributed by atoms with E-state index >= 15 is 0 Å². The molecule has 0 aliphatic rings. The number of ether oxygens (including phenoxy) is 1. The molecule has 0 aliphatic heterocycles. The molecule has 1 atom stereocenters. The molecule has 0 fully saturated rings. The first-order valence-electron chi connectivity index (χ1n) is 5.23. The average Bonchev–Trinajstić information content (AvgIpc) is 2.25. The molecule has 0 saturated heterocycles. The van der Waals surface area contributed by atoms with E-state index in [1.165, 1.54) is 6.92 Å². The molecule has 0 spiro atoms. The van der Waals surface area contributed by atoms with Gasteiger partial charge in [-0.1, -0.05) is 6.92 Å². The molecule has 0 radical (unpaired) electrons. The second-order valence-corrected chi connectivity index (χ2v) is 3.66. The number of Topliss-reactive ketones (excluding diaryl/α,β-unsaturated/α-hetero) is 1. The van der Waals surface area contributed by atoms with Crippen LogP contribution in [0.3, 0.4) is 0 Å². The second-order valence-electron chi connectivity index (χ2n) is 3.66. The summed E-state index contributed by atoms with van der Waals surface area (Å²) < 4.78 is 43.9. The van der Waals surface area contributed by atoms with Crippen LogP contribution in [0.2, 0.25) is 0 Å². The molecule has 0 saturated carbocycles. The zero-order valence-corrected chi connectivity index (χ0v) is 9.60. The molecule has 1 rings (SSSR count). The molecule has 94 valence electrons.